The number of aliphatic hydroxyl groups is 1. The number of rotatable bonds is 2. The zero-order chi connectivity index (χ0) is 7.56. The third-order valence-electron chi connectivity index (χ3n) is 1.68. The lowest BCUT2D eigenvalue weighted by atomic mass is 10.1. The zero-order valence-corrected chi connectivity index (χ0v) is 7.16. The second kappa shape index (κ2) is 3.17. The molecule has 1 aromatic heterocycles. The summed E-state index contributed by atoms with van der Waals surface area (Å²) in [5.41, 5.74) is 2.64. The van der Waals surface area contributed by atoms with Gasteiger partial charge < -0.3 is 5.11 Å². The fourth-order valence-electron chi connectivity index (χ4n) is 1.08. The zero-order valence-electron chi connectivity index (χ0n) is 6.35. The lowest BCUT2D eigenvalue weighted by molar-refractivity contribution is 0.299. The van der Waals surface area contributed by atoms with Crippen LogP contribution in [0.2, 0.25) is 0 Å². The van der Waals surface area contributed by atoms with Gasteiger partial charge in [-0.15, -0.1) is 11.3 Å². The number of aliphatic hydroxyl groups excluding tert-OH is 1. The highest BCUT2D eigenvalue weighted by Crippen LogP contribution is 2.20. The summed E-state index contributed by atoms with van der Waals surface area (Å²) in [7, 11) is 0. The first-order valence-electron chi connectivity index (χ1n) is 3.40. The van der Waals surface area contributed by atoms with Gasteiger partial charge in [-0.05, 0) is 36.8 Å². The molecule has 1 rings (SSSR count). The van der Waals surface area contributed by atoms with Gasteiger partial charge in [0.15, 0.2) is 0 Å². The van der Waals surface area contributed by atoms with E-state index in [0.29, 0.717) is 0 Å². The van der Waals surface area contributed by atoms with Crippen LogP contribution in [0.15, 0.2) is 5.38 Å². The van der Waals surface area contributed by atoms with Gasteiger partial charge >= 0.3 is 0 Å². The minimum Gasteiger partial charge on any atom is -0.396 e. The van der Waals surface area contributed by atoms with Crippen molar-refractivity contribution >= 4 is 11.3 Å². The molecule has 0 bridgehead atoms. The Hall–Kier alpha value is -0.340. The van der Waals surface area contributed by atoms with Gasteiger partial charge in [0.2, 0.25) is 0 Å². The summed E-state index contributed by atoms with van der Waals surface area (Å²) in [6.07, 6.45) is 0.807. The number of aryl methyl sites for hydroxylation is 2. The lowest BCUT2D eigenvalue weighted by Gasteiger charge is -1.96. The van der Waals surface area contributed by atoms with E-state index in [-0.39, 0.29) is 6.61 Å². The molecule has 0 radical (unpaired) electrons. The molecule has 0 saturated heterocycles. The van der Waals surface area contributed by atoms with Crippen LogP contribution in [0.5, 0.6) is 0 Å². The summed E-state index contributed by atoms with van der Waals surface area (Å²) in [5, 5.41) is 10.8. The molecule has 0 atom stereocenters. The summed E-state index contributed by atoms with van der Waals surface area (Å²) in [4.78, 5) is 1.34. The van der Waals surface area contributed by atoms with E-state index in [1.165, 1.54) is 16.0 Å². The van der Waals surface area contributed by atoms with Crippen LogP contribution in [0.4, 0.5) is 0 Å². The van der Waals surface area contributed by atoms with Crippen molar-refractivity contribution < 1.29 is 5.11 Å². The topological polar surface area (TPSA) is 20.2 Å². The van der Waals surface area contributed by atoms with Crippen LogP contribution in [-0.4, -0.2) is 11.7 Å². The number of hydrogen-bond donors (Lipinski definition) is 1. The third kappa shape index (κ3) is 1.39. The lowest BCUT2D eigenvalue weighted by Crippen LogP contribution is -1.91. The van der Waals surface area contributed by atoms with Crippen molar-refractivity contribution in [2.24, 2.45) is 0 Å². The average molecular weight is 156 g/mol. The molecule has 1 nitrogen and oxygen atoms in total. The van der Waals surface area contributed by atoms with Crippen molar-refractivity contribution in [2.75, 3.05) is 6.61 Å². The molecule has 0 unspecified atom stereocenters. The third-order valence-corrected chi connectivity index (χ3v) is 2.75. The van der Waals surface area contributed by atoms with E-state index < -0.39 is 0 Å². The van der Waals surface area contributed by atoms with E-state index in [1.54, 1.807) is 11.3 Å². The van der Waals surface area contributed by atoms with E-state index in [2.05, 4.69) is 19.2 Å². The molecule has 1 N–H and O–H groups in total. The summed E-state index contributed by atoms with van der Waals surface area (Å²) in [6, 6.07) is 0. The van der Waals surface area contributed by atoms with Gasteiger partial charge in [0.1, 0.15) is 0 Å². The smallest absolute Gasteiger partial charge is 0.0471 e. The van der Waals surface area contributed by atoms with Gasteiger partial charge in [0, 0.05) is 11.5 Å². The average Bonchev–Trinajstić information content (AvgIpc) is 2.20. The first-order valence-corrected chi connectivity index (χ1v) is 4.28. The Labute approximate surface area is 65.3 Å². The van der Waals surface area contributed by atoms with Crippen molar-refractivity contribution in [3.63, 3.8) is 0 Å². The van der Waals surface area contributed by atoms with E-state index >= 15 is 0 Å². The highest BCUT2D eigenvalue weighted by molar-refractivity contribution is 7.10. The van der Waals surface area contributed by atoms with Gasteiger partial charge in [0.25, 0.3) is 0 Å². The van der Waals surface area contributed by atoms with Crippen LogP contribution < -0.4 is 0 Å². The Kier molecular flexibility index (Phi) is 2.46. The molecule has 0 fully saturated rings. The van der Waals surface area contributed by atoms with E-state index in [9.17, 15) is 0 Å². The molecular formula is C8H12OS. The van der Waals surface area contributed by atoms with Gasteiger partial charge in [-0.1, -0.05) is 0 Å². The molecule has 0 aliphatic rings. The Morgan fingerprint density at radius 3 is 2.60 bits per heavy atom. The van der Waals surface area contributed by atoms with E-state index in [1.807, 2.05) is 0 Å². The molecule has 0 aliphatic heterocycles. The number of thiophene rings is 1. The first kappa shape index (κ1) is 7.76. The molecule has 0 spiro atoms. The van der Waals surface area contributed by atoms with E-state index in [0.717, 1.165) is 6.42 Å². The molecule has 1 aromatic rings. The van der Waals surface area contributed by atoms with Crippen molar-refractivity contribution in [1.82, 2.24) is 0 Å². The maximum Gasteiger partial charge on any atom is 0.0471 e. The van der Waals surface area contributed by atoms with Crippen LogP contribution in [-0.2, 0) is 6.42 Å². The monoisotopic (exact) mass is 156 g/mol. The quantitative estimate of drug-likeness (QED) is 0.693. The van der Waals surface area contributed by atoms with Crippen LogP contribution >= 0.6 is 11.3 Å². The molecule has 0 aliphatic carbocycles. The Balaban J connectivity index is 2.87. The summed E-state index contributed by atoms with van der Waals surface area (Å²) in [5.74, 6) is 0. The largest absolute Gasteiger partial charge is 0.396 e. The minimum atomic E-state index is 0.262. The highest BCUT2D eigenvalue weighted by Gasteiger charge is 2.02. The fraction of sp³-hybridized carbons (Fsp3) is 0.500. The van der Waals surface area contributed by atoms with Crippen molar-refractivity contribution in [3.8, 4) is 0 Å². The molecule has 0 amide bonds. The predicted molar refractivity (Wildman–Crippen MR) is 44.6 cm³/mol. The standard InChI is InChI=1S/C8H12OS/c1-6-5-10-7(2)8(6)3-4-9/h5,9H,3-4H2,1-2H3. The fourth-order valence-corrected chi connectivity index (χ4v) is 1.98. The normalized spacial score (nSPS) is 10.3. The van der Waals surface area contributed by atoms with Crippen LogP contribution in [0.25, 0.3) is 0 Å². The van der Waals surface area contributed by atoms with Crippen molar-refractivity contribution in [1.29, 1.82) is 0 Å². The van der Waals surface area contributed by atoms with Gasteiger partial charge in [-0.2, -0.15) is 0 Å². The van der Waals surface area contributed by atoms with E-state index in [4.69, 9.17) is 5.11 Å². The SMILES string of the molecule is Cc1csc(C)c1CCO. The van der Waals surface area contributed by atoms with Gasteiger partial charge in [-0.25, -0.2) is 0 Å². The molecule has 1 heterocycles. The highest BCUT2D eigenvalue weighted by atomic mass is 32.1. The van der Waals surface area contributed by atoms with Crippen LogP contribution in [0.3, 0.4) is 0 Å². The maximum atomic E-state index is 8.69. The summed E-state index contributed by atoms with van der Waals surface area (Å²) >= 11 is 1.76. The first-order chi connectivity index (χ1) is 4.75. The summed E-state index contributed by atoms with van der Waals surface area (Å²) in [6.45, 7) is 4.45. The summed E-state index contributed by atoms with van der Waals surface area (Å²) < 4.78 is 0. The second-order valence-electron chi connectivity index (χ2n) is 2.43. The molecule has 0 saturated carbocycles. The maximum absolute atomic E-state index is 8.69. The minimum absolute atomic E-state index is 0.262. The molecular weight excluding hydrogens is 144 g/mol. The Morgan fingerprint density at radius 2 is 2.20 bits per heavy atom. The Bertz CT molecular complexity index is 196. The predicted octanol–water partition coefficient (Wildman–Crippen LogP) is 1.90. The van der Waals surface area contributed by atoms with Gasteiger partial charge in [-0.3, -0.25) is 0 Å². The van der Waals surface area contributed by atoms with Crippen molar-refractivity contribution in [3.05, 3.63) is 21.4 Å². The second-order valence-corrected chi connectivity index (χ2v) is 3.51. The molecule has 2 heteroatoms. The van der Waals surface area contributed by atoms with Crippen molar-refractivity contribution in [2.45, 2.75) is 20.3 Å². The number of hydrogen-bond acceptors (Lipinski definition) is 2. The molecule has 56 valence electrons. The molecule has 10 heavy (non-hydrogen) atoms. The van der Waals surface area contributed by atoms with Crippen LogP contribution in [0, 0.1) is 13.8 Å². The van der Waals surface area contributed by atoms with Crippen LogP contribution in [0.1, 0.15) is 16.0 Å². The molecule has 0 aromatic carbocycles. The Morgan fingerprint density at radius 1 is 1.50 bits per heavy atom. The van der Waals surface area contributed by atoms with Gasteiger partial charge in [0.05, 0.1) is 0 Å².